The number of nitrogen functional groups attached to an aromatic ring is 1. The van der Waals surface area contributed by atoms with Gasteiger partial charge in [-0.3, -0.25) is 9.80 Å². The number of rotatable bonds is 4. The van der Waals surface area contributed by atoms with Crippen molar-refractivity contribution in [3.63, 3.8) is 0 Å². The van der Waals surface area contributed by atoms with Gasteiger partial charge in [0.15, 0.2) is 0 Å². The highest BCUT2D eigenvalue weighted by Gasteiger charge is 2.19. The van der Waals surface area contributed by atoms with E-state index in [0.717, 1.165) is 77.1 Å². The maximum Gasteiger partial charge on any atom is 0.128 e. The highest BCUT2D eigenvalue weighted by Crippen LogP contribution is 2.14. The summed E-state index contributed by atoms with van der Waals surface area (Å²) in [7, 11) is 0. The zero-order valence-corrected chi connectivity index (χ0v) is 12.6. The first-order chi connectivity index (χ1) is 10.3. The zero-order chi connectivity index (χ0) is 14.5. The molecule has 0 spiro atoms. The lowest BCUT2D eigenvalue weighted by Crippen LogP contribution is -2.49. The summed E-state index contributed by atoms with van der Waals surface area (Å²) in [6, 6.07) is 3.94. The van der Waals surface area contributed by atoms with Gasteiger partial charge >= 0.3 is 0 Å². The third-order valence-corrected chi connectivity index (χ3v) is 4.30. The summed E-state index contributed by atoms with van der Waals surface area (Å²) >= 11 is 0. The molecule has 0 aromatic carbocycles. The Bertz CT molecular complexity index is 424. The van der Waals surface area contributed by atoms with Crippen molar-refractivity contribution in [2.45, 2.75) is 0 Å². The summed E-state index contributed by atoms with van der Waals surface area (Å²) in [5, 5.41) is 0. The Morgan fingerprint density at radius 1 is 0.952 bits per heavy atom. The molecule has 0 atom stereocenters. The monoisotopic (exact) mass is 291 g/mol. The second-order valence-electron chi connectivity index (χ2n) is 5.73. The van der Waals surface area contributed by atoms with Crippen LogP contribution in [0.3, 0.4) is 0 Å². The fraction of sp³-hybridized carbons (Fsp3) is 0.667. The van der Waals surface area contributed by atoms with Gasteiger partial charge in [-0.05, 0) is 12.1 Å². The van der Waals surface area contributed by atoms with Gasteiger partial charge in [-0.25, -0.2) is 4.98 Å². The van der Waals surface area contributed by atoms with Crippen molar-refractivity contribution in [2.24, 2.45) is 0 Å². The summed E-state index contributed by atoms with van der Waals surface area (Å²) in [6.07, 6.45) is 1.74. The van der Waals surface area contributed by atoms with E-state index in [1.54, 1.807) is 6.20 Å². The minimum absolute atomic E-state index is 0.725. The van der Waals surface area contributed by atoms with Crippen molar-refractivity contribution < 1.29 is 4.74 Å². The number of nitrogens with two attached hydrogens (primary N) is 1. The lowest BCUT2D eigenvalue weighted by Gasteiger charge is -2.36. The molecule has 3 heterocycles. The zero-order valence-electron chi connectivity index (χ0n) is 12.6. The van der Waals surface area contributed by atoms with Crippen molar-refractivity contribution >= 4 is 11.5 Å². The van der Waals surface area contributed by atoms with Gasteiger partial charge in [0.1, 0.15) is 5.82 Å². The van der Waals surface area contributed by atoms with Crippen molar-refractivity contribution in [2.75, 3.05) is 76.2 Å². The fourth-order valence-corrected chi connectivity index (χ4v) is 2.89. The molecule has 2 fully saturated rings. The Balaban J connectivity index is 1.41. The molecule has 6 heteroatoms. The number of ether oxygens (including phenoxy) is 1. The molecule has 21 heavy (non-hydrogen) atoms. The summed E-state index contributed by atoms with van der Waals surface area (Å²) in [6.45, 7) is 10.5. The Hall–Kier alpha value is -1.37. The van der Waals surface area contributed by atoms with Gasteiger partial charge in [0.05, 0.1) is 25.1 Å². The molecule has 0 amide bonds. The highest BCUT2D eigenvalue weighted by molar-refractivity contribution is 5.46. The molecule has 0 radical (unpaired) electrons. The standard InChI is InChI=1S/C15H25N5O/c16-14-1-2-15(17-13-14)20-7-5-18(6-8-20)3-4-19-9-11-21-12-10-19/h1-2,13H,3-12,16H2. The third kappa shape index (κ3) is 4.06. The molecular formula is C15H25N5O. The van der Waals surface area contributed by atoms with Crippen LogP contribution in [-0.4, -0.2) is 80.4 Å². The van der Waals surface area contributed by atoms with Crippen LogP contribution in [-0.2, 0) is 4.74 Å². The van der Waals surface area contributed by atoms with E-state index < -0.39 is 0 Å². The number of hydrogen-bond acceptors (Lipinski definition) is 6. The number of morpholine rings is 1. The molecular weight excluding hydrogens is 266 g/mol. The van der Waals surface area contributed by atoms with Gasteiger partial charge in [-0.1, -0.05) is 0 Å². The van der Waals surface area contributed by atoms with Gasteiger partial charge < -0.3 is 15.4 Å². The van der Waals surface area contributed by atoms with Crippen molar-refractivity contribution in [1.29, 1.82) is 0 Å². The summed E-state index contributed by atoms with van der Waals surface area (Å²) in [5.74, 6) is 1.04. The molecule has 0 bridgehead atoms. The van der Waals surface area contributed by atoms with Crippen LogP contribution in [0.25, 0.3) is 0 Å². The predicted molar refractivity (Wildman–Crippen MR) is 84.6 cm³/mol. The number of piperazine rings is 1. The predicted octanol–water partition coefficient (Wildman–Crippen LogP) is 0.118. The molecule has 1 aromatic heterocycles. The largest absolute Gasteiger partial charge is 0.397 e. The Morgan fingerprint density at radius 2 is 1.62 bits per heavy atom. The van der Waals surface area contributed by atoms with Gasteiger partial charge in [0, 0.05) is 52.4 Å². The van der Waals surface area contributed by atoms with E-state index in [0.29, 0.717) is 0 Å². The van der Waals surface area contributed by atoms with Crippen LogP contribution in [0.4, 0.5) is 11.5 Å². The Labute approximate surface area is 126 Å². The summed E-state index contributed by atoms with van der Waals surface area (Å²) in [4.78, 5) is 11.8. The van der Waals surface area contributed by atoms with E-state index in [4.69, 9.17) is 10.5 Å². The van der Waals surface area contributed by atoms with Crippen LogP contribution in [0.5, 0.6) is 0 Å². The van der Waals surface area contributed by atoms with Crippen molar-refractivity contribution in [3.8, 4) is 0 Å². The quantitative estimate of drug-likeness (QED) is 0.850. The van der Waals surface area contributed by atoms with Crippen LogP contribution >= 0.6 is 0 Å². The molecule has 0 unspecified atom stereocenters. The SMILES string of the molecule is Nc1ccc(N2CCN(CCN3CCOCC3)CC2)nc1. The first-order valence-corrected chi connectivity index (χ1v) is 7.80. The van der Waals surface area contributed by atoms with E-state index in [1.165, 1.54) is 0 Å². The second kappa shape index (κ2) is 7.06. The third-order valence-electron chi connectivity index (χ3n) is 4.30. The normalized spacial score (nSPS) is 21.6. The molecule has 0 aliphatic carbocycles. The van der Waals surface area contributed by atoms with Gasteiger partial charge in [-0.2, -0.15) is 0 Å². The average Bonchev–Trinajstić information content (AvgIpc) is 2.55. The number of hydrogen-bond donors (Lipinski definition) is 1. The summed E-state index contributed by atoms with van der Waals surface area (Å²) in [5.41, 5.74) is 6.41. The highest BCUT2D eigenvalue weighted by atomic mass is 16.5. The number of aromatic nitrogens is 1. The molecule has 116 valence electrons. The first kappa shape index (κ1) is 14.6. The van der Waals surface area contributed by atoms with Crippen molar-refractivity contribution in [3.05, 3.63) is 18.3 Å². The molecule has 0 saturated carbocycles. The maximum atomic E-state index is 5.69. The van der Waals surface area contributed by atoms with Gasteiger partial charge in [0.25, 0.3) is 0 Å². The van der Waals surface area contributed by atoms with Crippen LogP contribution in [0, 0.1) is 0 Å². The smallest absolute Gasteiger partial charge is 0.128 e. The molecule has 2 N–H and O–H groups in total. The van der Waals surface area contributed by atoms with E-state index in [-0.39, 0.29) is 0 Å². The van der Waals surface area contributed by atoms with Gasteiger partial charge in [0.2, 0.25) is 0 Å². The average molecular weight is 291 g/mol. The minimum atomic E-state index is 0.725. The first-order valence-electron chi connectivity index (χ1n) is 7.80. The number of pyridine rings is 1. The van der Waals surface area contributed by atoms with Crippen LogP contribution in [0.15, 0.2) is 18.3 Å². The van der Waals surface area contributed by atoms with E-state index >= 15 is 0 Å². The van der Waals surface area contributed by atoms with Crippen LogP contribution in [0.1, 0.15) is 0 Å². The Morgan fingerprint density at radius 3 is 2.24 bits per heavy atom. The van der Waals surface area contributed by atoms with Crippen LogP contribution < -0.4 is 10.6 Å². The molecule has 6 nitrogen and oxygen atoms in total. The topological polar surface area (TPSA) is 57.9 Å². The lowest BCUT2D eigenvalue weighted by molar-refractivity contribution is 0.0331. The maximum absolute atomic E-state index is 5.69. The molecule has 3 rings (SSSR count). The summed E-state index contributed by atoms with van der Waals surface area (Å²) < 4.78 is 5.39. The number of nitrogens with zero attached hydrogens (tertiary/aromatic N) is 4. The van der Waals surface area contributed by atoms with Crippen LogP contribution in [0.2, 0.25) is 0 Å². The van der Waals surface area contributed by atoms with Gasteiger partial charge in [-0.15, -0.1) is 0 Å². The second-order valence-corrected chi connectivity index (χ2v) is 5.73. The van der Waals surface area contributed by atoms with E-state index in [9.17, 15) is 0 Å². The lowest BCUT2D eigenvalue weighted by atomic mass is 10.3. The minimum Gasteiger partial charge on any atom is -0.397 e. The molecule has 1 aromatic rings. The molecule has 2 aliphatic heterocycles. The van der Waals surface area contributed by atoms with E-state index in [2.05, 4.69) is 19.7 Å². The molecule has 2 saturated heterocycles. The fourth-order valence-electron chi connectivity index (χ4n) is 2.89. The van der Waals surface area contributed by atoms with E-state index in [1.807, 2.05) is 12.1 Å². The molecule has 2 aliphatic rings. The number of anilines is 2. The van der Waals surface area contributed by atoms with Crippen molar-refractivity contribution in [1.82, 2.24) is 14.8 Å². The Kier molecular flexibility index (Phi) is 4.90.